The molecule has 18 heavy (non-hydrogen) atoms. The van der Waals surface area contributed by atoms with Gasteiger partial charge in [0.2, 0.25) is 0 Å². The average Bonchev–Trinajstić information content (AvgIpc) is 2.29. The largest absolute Gasteiger partial charge is 0.329 e. The Kier molecular flexibility index (Phi) is 5.25. The molecule has 0 saturated heterocycles. The van der Waals surface area contributed by atoms with Gasteiger partial charge in [-0.15, -0.1) is 0 Å². The molecule has 0 aliphatic heterocycles. The second kappa shape index (κ2) is 6.26. The van der Waals surface area contributed by atoms with Gasteiger partial charge in [0.25, 0.3) is 0 Å². The van der Waals surface area contributed by atoms with E-state index < -0.39 is 9.84 Å². The molecule has 0 heterocycles. The molecule has 1 unspecified atom stereocenters. The zero-order chi connectivity index (χ0) is 13.8. The van der Waals surface area contributed by atoms with Crippen LogP contribution < -0.4 is 5.73 Å². The van der Waals surface area contributed by atoms with E-state index in [-0.39, 0.29) is 17.6 Å². The molecular weight excluding hydrogens is 255 g/mol. The van der Waals surface area contributed by atoms with Crippen molar-refractivity contribution in [1.29, 1.82) is 0 Å². The number of nitrogens with two attached hydrogens (primary N) is 1. The first-order valence-electron chi connectivity index (χ1n) is 5.67. The lowest BCUT2D eigenvalue weighted by molar-refractivity contribution is 0.264. The summed E-state index contributed by atoms with van der Waals surface area (Å²) in [4.78, 5) is 1.87. The zero-order valence-electron chi connectivity index (χ0n) is 10.6. The van der Waals surface area contributed by atoms with Gasteiger partial charge >= 0.3 is 0 Å². The van der Waals surface area contributed by atoms with Gasteiger partial charge in [0.15, 0.2) is 0 Å². The molecule has 1 aromatic rings. The standard InChI is InChI=1S/C12H19FN2O2S/c1-15(7-8-18(2,16)17)12(9-14)10-3-5-11(13)6-4-10/h3-6,12H,7-9,14H2,1-2H3. The number of rotatable bonds is 6. The third kappa shape index (κ3) is 4.72. The van der Waals surface area contributed by atoms with Crippen LogP contribution >= 0.6 is 0 Å². The van der Waals surface area contributed by atoms with E-state index in [2.05, 4.69) is 0 Å². The van der Waals surface area contributed by atoms with E-state index in [1.807, 2.05) is 11.9 Å². The minimum absolute atomic E-state index is 0.0845. The smallest absolute Gasteiger partial charge is 0.148 e. The number of hydrogen-bond acceptors (Lipinski definition) is 4. The Bertz CT molecular complexity index is 473. The fourth-order valence-electron chi connectivity index (χ4n) is 1.72. The maximum absolute atomic E-state index is 12.8. The summed E-state index contributed by atoms with van der Waals surface area (Å²) in [6.45, 7) is 0.754. The Morgan fingerprint density at radius 1 is 1.33 bits per heavy atom. The molecule has 0 fully saturated rings. The molecule has 0 radical (unpaired) electrons. The van der Waals surface area contributed by atoms with Crippen LogP contribution in [0.15, 0.2) is 24.3 Å². The Balaban J connectivity index is 2.74. The monoisotopic (exact) mass is 274 g/mol. The number of likely N-dealkylation sites (N-methyl/N-ethyl adjacent to an activating group) is 1. The van der Waals surface area contributed by atoms with Gasteiger partial charge < -0.3 is 5.73 Å². The summed E-state index contributed by atoms with van der Waals surface area (Å²) >= 11 is 0. The van der Waals surface area contributed by atoms with Crippen LogP contribution in [-0.2, 0) is 9.84 Å². The minimum atomic E-state index is -2.99. The van der Waals surface area contributed by atoms with E-state index in [4.69, 9.17) is 5.73 Å². The number of nitrogens with zero attached hydrogens (tertiary/aromatic N) is 1. The molecule has 1 atom stereocenters. The van der Waals surface area contributed by atoms with Crippen molar-refractivity contribution in [3.8, 4) is 0 Å². The maximum Gasteiger partial charge on any atom is 0.148 e. The Hall–Kier alpha value is -0.980. The van der Waals surface area contributed by atoms with Crippen LogP contribution in [-0.4, -0.2) is 45.5 Å². The summed E-state index contributed by atoms with van der Waals surface area (Å²) in [5, 5.41) is 0. The van der Waals surface area contributed by atoms with Gasteiger partial charge in [-0.2, -0.15) is 0 Å². The van der Waals surface area contributed by atoms with Crippen LogP contribution in [0.5, 0.6) is 0 Å². The third-order valence-electron chi connectivity index (χ3n) is 2.82. The molecule has 4 nitrogen and oxygen atoms in total. The van der Waals surface area contributed by atoms with Gasteiger partial charge in [0.05, 0.1) is 5.75 Å². The highest BCUT2D eigenvalue weighted by atomic mass is 32.2. The highest BCUT2D eigenvalue weighted by Gasteiger charge is 2.16. The summed E-state index contributed by atoms with van der Waals surface area (Å²) in [5.74, 6) is -0.213. The van der Waals surface area contributed by atoms with Crippen molar-refractivity contribution in [1.82, 2.24) is 4.90 Å². The number of halogens is 1. The van der Waals surface area contributed by atoms with Crippen molar-refractivity contribution in [2.75, 3.05) is 32.1 Å². The molecular formula is C12H19FN2O2S. The molecule has 0 aliphatic rings. The van der Waals surface area contributed by atoms with E-state index in [1.54, 1.807) is 12.1 Å². The minimum Gasteiger partial charge on any atom is -0.329 e. The zero-order valence-corrected chi connectivity index (χ0v) is 11.5. The lowest BCUT2D eigenvalue weighted by atomic mass is 10.1. The Morgan fingerprint density at radius 3 is 2.33 bits per heavy atom. The SMILES string of the molecule is CN(CCS(C)(=O)=O)C(CN)c1ccc(F)cc1. The molecule has 6 heteroatoms. The van der Waals surface area contributed by atoms with Crippen molar-refractivity contribution >= 4 is 9.84 Å². The van der Waals surface area contributed by atoms with Crippen LogP contribution in [0, 0.1) is 5.82 Å². The highest BCUT2D eigenvalue weighted by Crippen LogP contribution is 2.18. The second-order valence-electron chi connectivity index (χ2n) is 4.41. The molecule has 0 saturated carbocycles. The van der Waals surface area contributed by atoms with Crippen LogP contribution in [0.3, 0.4) is 0 Å². The first-order valence-corrected chi connectivity index (χ1v) is 7.73. The van der Waals surface area contributed by atoms with E-state index in [9.17, 15) is 12.8 Å². The van der Waals surface area contributed by atoms with Crippen molar-refractivity contribution in [3.05, 3.63) is 35.6 Å². The second-order valence-corrected chi connectivity index (χ2v) is 6.67. The summed E-state index contributed by atoms with van der Waals surface area (Å²) in [6.07, 6.45) is 1.20. The topological polar surface area (TPSA) is 63.4 Å². The van der Waals surface area contributed by atoms with E-state index in [0.29, 0.717) is 13.1 Å². The van der Waals surface area contributed by atoms with Gasteiger partial charge in [-0.05, 0) is 24.7 Å². The molecule has 1 aromatic carbocycles. The molecule has 2 N–H and O–H groups in total. The first kappa shape index (κ1) is 15.1. The van der Waals surface area contributed by atoms with Crippen molar-refractivity contribution in [2.45, 2.75) is 6.04 Å². The van der Waals surface area contributed by atoms with Crippen LogP contribution in [0.1, 0.15) is 11.6 Å². The van der Waals surface area contributed by atoms with Gasteiger partial charge in [-0.25, -0.2) is 12.8 Å². The molecule has 102 valence electrons. The number of benzene rings is 1. The number of sulfone groups is 1. The molecule has 0 bridgehead atoms. The van der Waals surface area contributed by atoms with Gasteiger partial charge in [-0.1, -0.05) is 12.1 Å². The molecule has 0 aromatic heterocycles. The van der Waals surface area contributed by atoms with Crippen molar-refractivity contribution < 1.29 is 12.8 Å². The molecule has 0 aliphatic carbocycles. The summed E-state index contributed by atoms with van der Waals surface area (Å²) < 4.78 is 35.1. The highest BCUT2D eigenvalue weighted by molar-refractivity contribution is 7.90. The lowest BCUT2D eigenvalue weighted by Crippen LogP contribution is -2.33. The van der Waals surface area contributed by atoms with Crippen molar-refractivity contribution in [3.63, 3.8) is 0 Å². The van der Waals surface area contributed by atoms with Crippen molar-refractivity contribution in [2.24, 2.45) is 5.73 Å². The fraction of sp³-hybridized carbons (Fsp3) is 0.500. The van der Waals surface area contributed by atoms with Gasteiger partial charge in [0.1, 0.15) is 15.7 Å². The van der Waals surface area contributed by atoms with E-state index in [1.165, 1.54) is 18.4 Å². The molecule has 0 spiro atoms. The van der Waals surface area contributed by atoms with Crippen LogP contribution in [0.25, 0.3) is 0 Å². The summed E-state index contributed by atoms with van der Waals surface area (Å²) in [6, 6.07) is 5.99. The summed E-state index contributed by atoms with van der Waals surface area (Å²) in [7, 11) is -1.18. The predicted octanol–water partition coefficient (Wildman–Crippen LogP) is 0.802. The van der Waals surface area contributed by atoms with E-state index >= 15 is 0 Å². The summed E-state index contributed by atoms with van der Waals surface area (Å²) in [5.41, 5.74) is 6.58. The maximum atomic E-state index is 12.8. The van der Waals surface area contributed by atoms with Gasteiger partial charge in [0, 0.05) is 25.4 Å². The molecule has 0 amide bonds. The van der Waals surface area contributed by atoms with Crippen LogP contribution in [0.4, 0.5) is 4.39 Å². The predicted molar refractivity (Wildman–Crippen MR) is 70.5 cm³/mol. The fourth-order valence-corrected chi connectivity index (χ4v) is 2.34. The lowest BCUT2D eigenvalue weighted by Gasteiger charge is -2.27. The van der Waals surface area contributed by atoms with Gasteiger partial charge in [-0.3, -0.25) is 4.90 Å². The van der Waals surface area contributed by atoms with Crippen LogP contribution in [0.2, 0.25) is 0 Å². The first-order chi connectivity index (χ1) is 8.33. The normalized spacial score (nSPS) is 13.8. The quantitative estimate of drug-likeness (QED) is 0.833. The Morgan fingerprint density at radius 2 is 1.89 bits per heavy atom. The van der Waals surface area contributed by atoms with E-state index in [0.717, 1.165) is 5.56 Å². The Labute approximate surface area is 108 Å². The third-order valence-corrected chi connectivity index (χ3v) is 3.75. The molecule has 1 rings (SSSR count). The average molecular weight is 274 g/mol. The number of hydrogen-bond donors (Lipinski definition) is 1.